The van der Waals surface area contributed by atoms with Crippen LogP contribution in [0.25, 0.3) is 0 Å². The van der Waals surface area contributed by atoms with Gasteiger partial charge in [0.1, 0.15) is 0 Å². The highest BCUT2D eigenvalue weighted by Gasteiger charge is 2.22. The van der Waals surface area contributed by atoms with Crippen LogP contribution in [0.5, 0.6) is 0 Å². The van der Waals surface area contributed by atoms with E-state index >= 15 is 0 Å². The summed E-state index contributed by atoms with van der Waals surface area (Å²) < 4.78 is 0. The molecule has 1 atom stereocenters. The Morgan fingerprint density at radius 1 is 1.10 bits per heavy atom. The first kappa shape index (κ1) is 14.3. The van der Waals surface area contributed by atoms with Crippen molar-refractivity contribution in [3.8, 4) is 0 Å². The molecule has 0 radical (unpaired) electrons. The zero-order valence-electron chi connectivity index (χ0n) is 12.0. The van der Waals surface area contributed by atoms with Crippen LogP contribution < -0.4 is 10.6 Å². The number of quaternary nitrogens is 1. The summed E-state index contributed by atoms with van der Waals surface area (Å²) in [5.74, 6) is 0.0157. The third-order valence-corrected chi connectivity index (χ3v) is 3.23. The predicted octanol–water partition coefficient (Wildman–Crippen LogP) is 2.26. The summed E-state index contributed by atoms with van der Waals surface area (Å²) in [5.41, 5.74) is 3.05. The van der Waals surface area contributed by atoms with Crippen LogP contribution in [0.2, 0.25) is 0 Å². The smallest absolute Gasteiger partial charge is 0.287 e. The number of benzene rings is 2. The van der Waals surface area contributed by atoms with Gasteiger partial charge in [-0.05, 0) is 26.0 Å². The van der Waals surface area contributed by atoms with E-state index in [0.717, 1.165) is 17.8 Å². The molecule has 0 aliphatic rings. The molecule has 0 fully saturated rings. The monoisotopic (exact) mass is 269 g/mol. The van der Waals surface area contributed by atoms with E-state index in [1.54, 1.807) is 0 Å². The van der Waals surface area contributed by atoms with Crippen molar-refractivity contribution in [3.63, 3.8) is 0 Å². The molecule has 0 saturated carbocycles. The summed E-state index contributed by atoms with van der Waals surface area (Å²) in [4.78, 5) is 12.4. The van der Waals surface area contributed by atoms with Crippen molar-refractivity contribution in [2.24, 2.45) is 0 Å². The molecule has 0 aliphatic carbocycles. The molecule has 3 heteroatoms. The van der Waals surface area contributed by atoms with Crippen molar-refractivity contribution in [2.45, 2.75) is 19.9 Å². The van der Waals surface area contributed by atoms with E-state index in [-0.39, 0.29) is 11.9 Å². The molecule has 1 amide bonds. The van der Waals surface area contributed by atoms with Crippen molar-refractivity contribution in [3.05, 3.63) is 65.7 Å². The first-order chi connectivity index (χ1) is 9.70. The van der Waals surface area contributed by atoms with Gasteiger partial charge in [-0.1, -0.05) is 48.0 Å². The molecule has 2 rings (SSSR count). The minimum absolute atomic E-state index is 0.0157. The average Bonchev–Trinajstić information content (AvgIpc) is 2.48. The Labute approximate surface area is 120 Å². The van der Waals surface area contributed by atoms with Crippen molar-refractivity contribution in [2.75, 3.05) is 11.9 Å². The normalized spacial score (nSPS) is 11.9. The first-order valence-corrected chi connectivity index (χ1v) is 6.96. The van der Waals surface area contributed by atoms with Gasteiger partial charge in [-0.15, -0.1) is 0 Å². The fourth-order valence-electron chi connectivity index (χ4n) is 2.15. The second-order valence-corrected chi connectivity index (χ2v) is 4.89. The van der Waals surface area contributed by atoms with Crippen LogP contribution in [-0.2, 0) is 4.79 Å². The standard InChI is InChI=1S/C17H20N2O/c1-3-18-16(14-7-5-4-6-8-14)17(20)19-15-11-9-13(2)10-12-15/h4-12,16,18H,3H2,1-2H3,(H,19,20)/p+1/t16-/m0/s1. The van der Waals surface area contributed by atoms with Gasteiger partial charge in [0.2, 0.25) is 0 Å². The van der Waals surface area contributed by atoms with Crippen molar-refractivity contribution in [1.29, 1.82) is 0 Å². The number of rotatable bonds is 5. The lowest BCUT2D eigenvalue weighted by Gasteiger charge is -2.15. The van der Waals surface area contributed by atoms with Crippen LogP contribution in [0, 0.1) is 6.92 Å². The van der Waals surface area contributed by atoms with E-state index in [1.165, 1.54) is 5.56 Å². The van der Waals surface area contributed by atoms with Gasteiger partial charge < -0.3 is 10.6 Å². The number of nitrogens with two attached hydrogens (primary N) is 1. The fraction of sp³-hybridized carbons (Fsp3) is 0.235. The van der Waals surface area contributed by atoms with Crippen LogP contribution in [0.3, 0.4) is 0 Å². The van der Waals surface area contributed by atoms with Gasteiger partial charge in [-0.3, -0.25) is 4.79 Å². The van der Waals surface area contributed by atoms with E-state index in [2.05, 4.69) is 12.2 Å². The number of nitrogens with one attached hydrogen (secondary N) is 1. The minimum atomic E-state index is -0.206. The van der Waals surface area contributed by atoms with Gasteiger partial charge in [-0.25, -0.2) is 0 Å². The Morgan fingerprint density at radius 2 is 1.75 bits per heavy atom. The quantitative estimate of drug-likeness (QED) is 0.859. The predicted molar refractivity (Wildman–Crippen MR) is 81.5 cm³/mol. The first-order valence-electron chi connectivity index (χ1n) is 6.96. The molecule has 3 nitrogen and oxygen atoms in total. The summed E-state index contributed by atoms with van der Waals surface area (Å²) in [5, 5.41) is 5.02. The molecule has 20 heavy (non-hydrogen) atoms. The molecule has 0 heterocycles. The second kappa shape index (κ2) is 6.87. The molecule has 0 bridgehead atoms. The molecular weight excluding hydrogens is 248 g/mol. The van der Waals surface area contributed by atoms with E-state index in [1.807, 2.05) is 66.8 Å². The largest absolute Gasteiger partial charge is 0.332 e. The Morgan fingerprint density at radius 3 is 2.35 bits per heavy atom. The molecular formula is C17H21N2O+. The third kappa shape index (κ3) is 3.68. The van der Waals surface area contributed by atoms with Crippen LogP contribution in [0.4, 0.5) is 5.69 Å². The Bertz CT molecular complexity index is 549. The molecule has 2 aromatic rings. The summed E-state index contributed by atoms with van der Waals surface area (Å²) in [6.07, 6.45) is 0. The van der Waals surface area contributed by atoms with E-state index in [9.17, 15) is 4.79 Å². The highest BCUT2D eigenvalue weighted by molar-refractivity contribution is 5.94. The number of likely N-dealkylation sites (N-methyl/N-ethyl adjacent to an activating group) is 1. The van der Waals surface area contributed by atoms with Crippen molar-refractivity contribution >= 4 is 11.6 Å². The Kier molecular flexibility index (Phi) is 4.91. The summed E-state index contributed by atoms with van der Waals surface area (Å²) in [7, 11) is 0. The van der Waals surface area contributed by atoms with E-state index in [4.69, 9.17) is 0 Å². The van der Waals surface area contributed by atoms with Gasteiger partial charge in [0, 0.05) is 11.3 Å². The Hall–Kier alpha value is -2.13. The van der Waals surface area contributed by atoms with Crippen LogP contribution in [-0.4, -0.2) is 12.5 Å². The van der Waals surface area contributed by atoms with Crippen LogP contribution in [0.1, 0.15) is 24.1 Å². The van der Waals surface area contributed by atoms with E-state index in [0.29, 0.717) is 0 Å². The summed E-state index contributed by atoms with van der Waals surface area (Å²) in [6.45, 7) is 4.94. The number of carbonyl (C=O) groups excluding carboxylic acids is 1. The zero-order valence-corrected chi connectivity index (χ0v) is 12.0. The maximum atomic E-state index is 12.4. The molecule has 0 spiro atoms. The number of carbonyl (C=O) groups is 1. The lowest BCUT2D eigenvalue weighted by molar-refractivity contribution is -0.679. The van der Waals surface area contributed by atoms with Crippen LogP contribution >= 0.6 is 0 Å². The number of aryl methyl sites for hydroxylation is 1. The molecule has 104 valence electrons. The van der Waals surface area contributed by atoms with Gasteiger partial charge in [0.25, 0.3) is 5.91 Å². The topological polar surface area (TPSA) is 45.7 Å². The fourth-order valence-corrected chi connectivity index (χ4v) is 2.15. The molecule has 0 aliphatic heterocycles. The SMILES string of the molecule is CC[NH2+][C@H](C(=O)Nc1ccc(C)cc1)c1ccccc1. The number of amides is 1. The number of anilines is 1. The lowest BCUT2D eigenvalue weighted by Crippen LogP contribution is -2.86. The maximum Gasteiger partial charge on any atom is 0.287 e. The van der Waals surface area contributed by atoms with Gasteiger partial charge >= 0.3 is 0 Å². The molecule has 0 unspecified atom stereocenters. The van der Waals surface area contributed by atoms with Crippen LogP contribution in [0.15, 0.2) is 54.6 Å². The summed E-state index contributed by atoms with van der Waals surface area (Å²) >= 11 is 0. The zero-order chi connectivity index (χ0) is 14.4. The average molecular weight is 269 g/mol. The molecule has 0 saturated heterocycles. The van der Waals surface area contributed by atoms with Crippen molar-refractivity contribution in [1.82, 2.24) is 0 Å². The maximum absolute atomic E-state index is 12.4. The van der Waals surface area contributed by atoms with Gasteiger partial charge in [0.15, 0.2) is 6.04 Å². The second-order valence-electron chi connectivity index (χ2n) is 4.89. The van der Waals surface area contributed by atoms with Gasteiger partial charge in [-0.2, -0.15) is 0 Å². The molecule has 0 aromatic heterocycles. The van der Waals surface area contributed by atoms with Gasteiger partial charge in [0.05, 0.1) is 6.54 Å². The highest BCUT2D eigenvalue weighted by Crippen LogP contribution is 2.13. The Balaban J connectivity index is 2.13. The van der Waals surface area contributed by atoms with Crippen molar-refractivity contribution < 1.29 is 10.1 Å². The minimum Gasteiger partial charge on any atom is -0.332 e. The lowest BCUT2D eigenvalue weighted by atomic mass is 10.1. The number of hydrogen-bond donors (Lipinski definition) is 2. The molecule has 3 N–H and O–H groups in total. The number of hydrogen-bond acceptors (Lipinski definition) is 1. The highest BCUT2D eigenvalue weighted by atomic mass is 16.2. The van der Waals surface area contributed by atoms with E-state index < -0.39 is 0 Å². The molecule has 2 aromatic carbocycles. The third-order valence-electron chi connectivity index (χ3n) is 3.23. The summed E-state index contributed by atoms with van der Waals surface area (Å²) in [6, 6.07) is 17.5.